The van der Waals surface area contributed by atoms with E-state index in [0.29, 0.717) is 17.6 Å². The Balaban J connectivity index is 1.60. The van der Waals surface area contributed by atoms with E-state index in [1.54, 1.807) is 7.11 Å². The smallest absolute Gasteiger partial charge is 0.254 e. The average molecular weight is 367 g/mol. The minimum atomic E-state index is 0.0703. The summed E-state index contributed by atoms with van der Waals surface area (Å²) >= 11 is 0. The van der Waals surface area contributed by atoms with Gasteiger partial charge in [0.25, 0.3) is 5.78 Å². The highest BCUT2D eigenvalue weighted by atomic mass is 16.5. The molecule has 0 unspecified atom stereocenters. The van der Waals surface area contributed by atoms with Crippen LogP contribution in [0.1, 0.15) is 48.7 Å². The summed E-state index contributed by atoms with van der Waals surface area (Å²) in [4.78, 5) is 9.16. The van der Waals surface area contributed by atoms with E-state index in [1.165, 1.54) is 5.69 Å². The fourth-order valence-corrected chi connectivity index (χ4v) is 3.53. The van der Waals surface area contributed by atoms with Crippen LogP contribution in [-0.2, 0) is 4.74 Å². The van der Waals surface area contributed by atoms with Crippen LogP contribution in [0.2, 0.25) is 0 Å². The molecule has 1 aliphatic rings. The molecular formula is C20H25N5O2. The van der Waals surface area contributed by atoms with Crippen LogP contribution < -0.4 is 10.1 Å². The summed E-state index contributed by atoms with van der Waals surface area (Å²) in [5.74, 6) is 2.50. The van der Waals surface area contributed by atoms with Gasteiger partial charge in [0.15, 0.2) is 0 Å². The van der Waals surface area contributed by atoms with Crippen molar-refractivity contribution in [3.05, 3.63) is 47.3 Å². The van der Waals surface area contributed by atoms with Gasteiger partial charge in [0.2, 0.25) is 5.95 Å². The summed E-state index contributed by atoms with van der Waals surface area (Å²) in [6.45, 7) is 5.68. The number of nitrogens with zero attached hydrogens (tertiary/aromatic N) is 4. The molecule has 7 heteroatoms. The minimum absolute atomic E-state index is 0.0703. The molecule has 1 aromatic carbocycles. The Morgan fingerprint density at radius 1 is 1.19 bits per heavy atom. The maximum atomic E-state index is 5.50. The first kappa shape index (κ1) is 17.7. The predicted octanol–water partition coefficient (Wildman–Crippen LogP) is 3.51. The van der Waals surface area contributed by atoms with Crippen molar-refractivity contribution in [1.82, 2.24) is 19.6 Å². The Morgan fingerprint density at radius 2 is 1.93 bits per heavy atom. The number of benzene rings is 1. The van der Waals surface area contributed by atoms with E-state index in [0.717, 1.165) is 43.1 Å². The van der Waals surface area contributed by atoms with Gasteiger partial charge in [-0.3, -0.25) is 0 Å². The second kappa shape index (κ2) is 7.52. The number of fused-ring (bicyclic) bond motifs is 1. The highest BCUT2D eigenvalue weighted by Crippen LogP contribution is 2.28. The molecule has 142 valence electrons. The van der Waals surface area contributed by atoms with E-state index >= 15 is 0 Å². The van der Waals surface area contributed by atoms with Gasteiger partial charge in [-0.25, -0.2) is 4.98 Å². The Kier molecular flexibility index (Phi) is 4.94. The zero-order chi connectivity index (χ0) is 18.8. The second-order valence-electron chi connectivity index (χ2n) is 7.00. The van der Waals surface area contributed by atoms with Gasteiger partial charge in [0.1, 0.15) is 5.75 Å². The van der Waals surface area contributed by atoms with E-state index < -0.39 is 0 Å². The molecule has 2 aromatic heterocycles. The van der Waals surface area contributed by atoms with Crippen LogP contribution >= 0.6 is 0 Å². The van der Waals surface area contributed by atoms with Crippen molar-refractivity contribution in [2.24, 2.45) is 0 Å². The van der Waals surface area contributed by atoms with Crippen molar-refractivity contribution in [3.63, 3.8) is 0 Å². The van der Waals surface area contributed by atoms with Crippen LogP contribution in [0.4, 0.5) is 5.95 Å². The summed E-state index contributed by atoms with van der Waals surface area (Å²) in [7, 11) is 1.67. The first-order valence-corrected chi connectivity index (χ1v) is 9.36. The van der Waals surface area contributed by atoms with E-state index in [4.69, 9.17) is 14.6 Å². The molecule has 4 rings (SSSR count). The van der Waals surface area contributed by atoms with Crippen molar-refractivity contribution in [3.8, 4) is 5.75 Å². The van der Waals surface area contributed by atoms with Gasteiger partial charge < -0.3 is 14.8 Å². The van der Waals surface area contributed by atoms with Crippen molar-refractivity contribution in [2.45, 2.75) is 38.6 Å². The third-order valence-electron chi connectivity index (χ3n) is 5.07. The van der Waals surface area contributed by atoms with Crippen LogP contribution in [0.25, 0.3) is 5.78 Å². The molecule has 7 nitrogen and oxygen atoms in total. The Morgan fingerprint density at radius 3 is 2.63 bits per heavy atom. The zero-order valence-corrected chi connectivity index (χ0v) is 16.0. The quantitative estimate of drug-likeness (QED) is 0.744. The summed E-state index contributed by atoms with van der Waals surface area (Å²) in [5, 5.41) is 8.08. The molecule has 0 saturated carbocycles. The lowest BCUT2D eigenvalue weighted by Gasteiger charge is -2.22. The number of anilines is 1. The van der Waals surface area contributed by atoms with Crippen molar-refractivity contribution >= 4 is 11.7 Å². The summed E-state index contributed by atoms with van der Waals surface area (Å²) in [6, 6.07) is 10.2. The number of hydrogen-bond acceptors (Lipinski definition) is 6. The van der Waals surface area contributed by atoms with Gasteiger partial charge in [0.05, 0.1) is 18.8 Å². The molecular weight excluding hydrogens is 342 g/mol. The lowest BCUT2D eigenvalue weighted by atomic mass is 9.96. The third kappa shape index (κ3) is 3.73. The average Bonchev–Trinajstić information content (AvgIpc) is 3.10. The maximum absolute atomic E-state index is 5.50. The highest BCUT2D eigenvalue weighted by molar-refractivity contribution is 5.42. The molecule has 0 amide bonds. The molecule has 0 spiro atoms. The fourth-order valence-electron chi connectivity index (χ4n) is 3.53. The molecule has 3 aromatic rings. The molecule has 3 heterocycles. The molecule has 1 N–H and O–H groups in total. The summed E-state index contributed by atoms with van der Waals surface area (Å²) < 4.78 is 12.6. The zero-order valence-electron chi connectivity index (χ0n) is 16.0. The first-order chi connectivity index (χ1) is 13.1. The molecule has 0 aliphatic carbocycles. The summed E-state index contributed by atoms with van der Waals surface area (Å²) in [5.41, 5.74) is 3.27. The summed E-state index contributed by atoms with van der Waals surface area (Å²) in [6.07, 6.45) is 2.01. The Bertz CT molecular complexity index is 916. The highest BCUT2D eigenvalue weighted by Gasteiger charge is 2.21. The number of methoxy groups -OCH3 is 1. The molecule has 1 aliphatic heterocycles. The predicted molar refractivity (Wildman–Crippen MR) is 103 cm³/mol. The number of aromatic nitrogens is 4. The third-order valence-corrected chi connectivity index (χ3v) is 5.07. The van der Waals surface area contributed by atoms with E-state index in [2.05, 4.69) is 28.3 Å². The van der Waals surface area contributed by atoms with Crippen LogP contribution in [0.5, 0.6) is 5.75 Å². The van der Waals surface area contributed by atoms with E-state index in [9.17, 15) is 0 Å². The van der Waals surface area contributed by atoms with Gasteiger partial charge in [0, 0.05) is 24.8 Å². The van der Waals surface area contributed by atoms with Gasteiger partial charge in [-0.05, 0) is 50.5 Å². The normalized spacial score (nSPS) is 16.4. The van der Waals surface area contributed by atoms with Gasteiger partial charge >= 0.3 is 0 Å². The van der Waals surface area contributed by atoms with Gasteiger partial charge in [-0.1, -0.05) is 12.1 Å². The number of aryl methyl sites for hydroxylation is 1. The number of hydrogen-bond donors (Lipinski definition) is 1. The Hall–Kier alpha value is -2.67. The number of nitrogens with one attached hydrogen (secondary N) is 1. The van der Waals surface area contributed by atoms with Crippen molar-refractivity contribution in [1.29, 1.82) is 0 Å². The Labute approximate surface area is 158 Å². The molecule has 0 bridgehead atoms. The van der Waals surface area contributed by atoms with Gasteiger partial charge in [-0.2, -0.15) is 9.50 Å². The van der Waals surface area contributed by atoms with Crippen molar-refractivity contribution < 1.29 is 9.47 Å². The van der Waals surface area contributed by atoms with Crippen LogP contribution in [0.3, 0.4) is 0 Å². The SMILES string of the molecule is COc1ccc([C@@H](C)Nc2nc3nc(C)cc(C4CCOCC4)n3n2)cc1. The maximum Gasteiger partial charge on any atom is 0.254 e. The molecule has 1 saturated heterocycles. The molecule has 1 fully saturated rings. The number of ether oxygens (including phenoxy) is 2. The van der Waals surface area contributed by atoms with Gasteiger partial charge in [-0.15, -0.1) is 5.10 Å². The van der Waals surface area contributed by atoms with E-state index in [-0.39, 0.29) is 6.04 Å². The topological polar surface area (TPSA) is 73.6 Å². The monoisotopic (exact) mass is 367 g/mol. The molecule has 27 heavy (non-hydrogen) atoms. The molecule has 0 radical (unpaired) electrons. The number of rotatable bonds is 5. The standard InChI is InChI=1S/C20H25N5O2/c1-13-12-18(16-8-10-27-11-9-16)25-20(21-13)23-19(24-25)22-14(2)15-4-6-17(26-3)7-5-15/h4-7,12,14,16H,8-11H2,1-3H3,(H,22,24)/t14-/m1/s1. The van der Waals surface area contributed by atoms with Crippen molar-refractivity contribution in [2.75, 3.05) is 25.6 Å². The van der Waals surface area contributed by atoms with Crippen LogP contribution in [0.15, 0.2) is 30.3 Å². The fraction of sp³-hybridized carbons (Fsp3) is 0.450. The lowest BCUT2D eigenvalue weighted by molar-refractivity contribution is 0.0840. The second-order valence-corrected chi connectivity index (χ2v) is 7.00. The lowest BCUT2D eigenvalue weighted by Crippen LogP contribution is -2.17. The minimum Gasteiger partial charge on any atom is -0.497 e. The van der Waals surface area contributed by atoms with Crippen LogP contribution in [-0.4, -0.2) is 39.9 Å². The molecule has 1 atom stereocenters. The van der Waals surface area contributed by atoms with E-state index in [1.807, 2.05) is 35.7 Å². The first-order valence-electron chi connectivity index (χ1n) is 9.36. The largest absolute Gasteiger partial charge is 0.497 e. The van der Waals surface area contributed by atoms with Crippen LogP contribution in [0, 0.1) is 6.92 Å².